The minimum Gasteiger partial charge on any atom is -0.395 e. The molecular weight excluding hydrogens is 387 g/mol. The first-order valence-electron chi connectivity index (χ1n) is 6.32. The average molecular weight is 403 g/mol. The van der Waals surface area contributed by atoms with Crippen LogP contribution in [-0.2, 0) is 11.8 Å². The van der Waals surface area contributed by atoms with Gasteiger partial charge in [-0.3, -0.25) is 0 Å². The van der Waals surface area contributed by atoms with Gasteiger partial charge in [0, 0.05) is 14.0 Å². The molecule has 2 aromatic carbocycles. The van der Waals surface area contributed by atoms with Crippen molar-refractivity contribution in [3.05, 3.63) is 68.3 Å². The van der Waals surface area contributed by atoms with Crippen LogP contribution in [-0.4, -0.2) is 23.4 Å². The van der Waals surface area contributed by atoms with E-state index in [-0.39, 0.29) is 13.2 Å². The van der Waals surface area contributed by atoms with Crippen LogP contribution in [0.4, 0.5) is 0 Å². The van der Waals surface area contributed by atoms with E-state index >= 15 is 0 Å². The minimum absolute atomic E-state index is 0.129. The maximum Gasteiger partial charge on any atom is 0.0553 e. The van der Waals surface area contributed by atoms with E-state index in [0.717, 1.165) is 14.7 Å². The fraction of sp³-hybridized carbons (Fsp3) is 0.250. The zero-order chi connectivity index (χ0) is 14.6. The summed E-state index contributed by atoms with van der Waals surface area (Å²) in [6, 6.07) is 15.4. The van der Waals surface area contributed by atoms with Gasteiger partial charge in [-0.15, -0.1) is 0 Å². The maximum atomic E-state index is 9.83. The molecule has 0 saturated heterocycles. The van der Waals surface area contributed by atoms with Gasteiger partial charge in [0.15, 0.2) is 0 Å². The van der Waals surface area contributed by atoms with Crippen molar-refractivity contribution in [3.63, 3.8) is 0 Å². The van der Waals surface area contributed by atoms with E-state index in [4.69, 9.17) is 11.6 Å². The van der Waals surface area contributed by atoms with Crippen LogP contribution in [0.3, 0.4) is 0 Å². The van der Waals surface area contributed by atoms with E-state index in [1.54, 1.807) is 12.1 Å². The van der Waals surface area contributed by atoms with Crippen LogP contribution in [0, 0.1) is 3.57 Å². The van der Waals surface area contributed by atoms with Crippen LogP contribution >= 0.6 is 34.2 Å². The van der Waals surface area contributed by atoms with E-state index in [0.29, 0.717) is 11.4 Å². The van der Waals surface area contributed by atoms with Gasteiger partial charge in [-0.1, -0.05) is 35.9 Å². The van der Waals surface area contributed by atoms with E-state index in [2.05, 4.69) is 22.6 Å². The fourth-order valence-electron chi connectivity index (χ4n) is 2.26. The van der Waals surface area contributed by atoms with Gasteiger partial charge in [0.2, 0.25) is 0 Å². The van der Waals surface area contributed by atoms with Crippen molar-refractivity contribution in [3.8, 4) is 0 Å². The second-order valence-electron chi connectivity index (χ2n) is 4.91. The van der Waals surface area contributed by atoms with Gasteiger partial charge in [0.25, 0.3) is 0 Å². The molecule has 0 saturated carbocycles. The predicted molar refractivity (Wildman–Crippen MR) is 90.2 cm³/mol. The number of benzene rings is 2. The summed E-state index contributed by atoms with van der Waals surface area (Å²) in [5.74, 6) is 0. The van der Waals surface area contributed by atoms with Gasteiger partial charge in [-0.25, -0.2) is 0 Å². The molecule has 0 aromatic heterocycles. The van der Waals surface area contributed by atoms with Crippen LogP contribution in [0.5, 0.6) is 0 Å². The Bertz CT molecular complexity index is 565. The highest BCUT2D eigenvalue weighted by Crippen LogP contribution is 2.30. The molecule has 0 aliphatic carbocycles. The average Bonchev–Trinajstić information content (AvgIpc) is 2.47. The van der Waals surface area contributed by atoms with E-state index in [1.807, 2.05) is 36.4 Å². The summed E-state index contributed by atoms with van der Waals surface area (Å²) in [6.45, 7) is -0.258. The maximum absolute atomic E-state index is 9.83. The lowest BCUT2D eigenvalue weighted by Crippen LogP contribution is -2.37. The van der Waals surface area contributed by atoms with Crippen molar-refractivity contribution in [1.82, 2.24) is 0 Å². The molecule has 0 unspecified atom stereocenters. The van der Waals surface area contributed by atoms with Gasteiger partial charge < -0.3 is 10.2 Å². The molecule has 106 valence electrons. The summed E-state index contributed by atoms with van der Waals surface area (Å²) in [4.78, 5) is 0. The molecule has 0 fully saturated rings. The topological polar surface area (TPSA) is 40.5 Å². The lowest BCUT2D eigenvalue weighted by molar-refractivity contribution is 0.116. The molecule has 2 aromatic rings. The second-order valence-corrected chi connectivity index (χ2v) is 6.59. The van der Waals surface area contributed by atoms with Crippen molar-refractivity contribution in [2.75, 3.05) is 13.2 Å². The number of hydrogen-bond donors (Lipinski definition) is 2. The summed E-state index contributed by atoms with van der Waals surface area (Å²) in [5.41, 5.74) is 1.22. The molecule has 0 amide bonds. The van der Waals surface area contributed by atoms with Crippen LogP contribution < -0.4 is 0 Å². The van der Waals surface area contributed by atoms with E-state index < -0.39 is 5.41 Å². The Morgan fingerprint density at radius 3 is 2.20 bits per heavy atom. The highest BCUT2D eigenvalue weighted by molar-refractivity contribution is 14.1. The van der Waals surface area contributed by atoms with Crippen LogP contribution in [0.1, 0.15) is 11.1 Å². The van der Waals surface area contributed by atoms with Gasteiger partial charge in [0.05, 0.1) is 13.2 Å². The number of halogens is 2. The molecule has 0 heterocycles. The summed E-state index contributed by atoms with van der Waals surface area (Å²) in [6.07, 6.45) is 0.567. The molecule has 0 atom stereocenters. The third-order valence-electron chi connectivity index (χ3n) is 3.50. The van der Waals surface area contributed by atoms with E-state index in [9.17, 15) is 10.2 Å². The monoisotopic (exact) mass is 402 g/mol. The lowest BCUT2D eigenvalue weighted by Gasteiger charge is -2.30. The normalized spacial score (nSPS) is 11.6. The zero-order valence-corrected chi connectivity index (χ0v) is 13.8. The molecule has 0 aliphatic rings. The zero-order valence-electron chi connectivity index (χ0n) is 10.9. The standard InChI is InChI=1S/C16H16ClIO2/c17-14-3-1-2-13(8-14)16(10-19,11-20)9-12-4-6-15(18)7-5-12/h1-8,19-20H,9-11H2. The van der Waals surface area contributed by atoms with Gasteiger partial charge in [-0.05, 0) is 64.4 Å². The number of rotatable bonds is 5. The Morgan fingerprint density at radius 2 is 1.65 bits per heavy atom. The van der Waals surface area contributed by atoms with Crippen LogP contribution in [0.15, 0.2) is 48.5 Å². The SMILES string of the molecule is OCC(CO)(Cc1ccc(I)cc1)c1cccc(Cl)c1. The third kappa shape index (κ3) is 3.52. The molecule has 4 heteroatoms. The van der Waals surface area contributed by atoms with Crippen molar-refractivity contribution in [2.24, 2.45) is 0 Å². The van der Waals surface area contributed by atoms with Crippen molar-refractivity contribution in [2.45, 2.75) is 11.8 Å². The Kier molecular flexibility index (Phi) is 5.43. The molecule has 2 nitrogen and oxygen atoms in total. The van der Waals surface area contributed by atoms with Crippen molar-refractivity contribution < 1.29 is 10.2 Å². The first-order valence-corrected chi connectivity index (χ1v) is 7.77. The minimum atomic E-state index is -0.711. The number of aliphatic hydroxyl groups is 2. The Balaban J connectivity index is 2.36. The molecule has 2 rings (SSSR count). The number of aliphatic hydroxyl groups excluding tert-OH is 2. The Labute approximate surface area is 137 Å². The summed E-state index contributed by atoms with van der Waals surface area (Å²) in [5, 5.41) is 20.3. The molecule has 0 aliphatic heterocycles. The van der Waals surface area contributed by atoms with Crippen molar-refractivity contribution in [1.29, 1.82) is 0 Å². The molecule has 0 spiro atoms. The first kappa shape index (κ1) is 15.8. The summed E-state index contributed by atoms with van der Waals surface area (Å²) in [7, 11) is 0. The van der Waals surface area contributed by atoms with Crippen molar-refractivity contribution >= 4 is 34.2 Å². The molecule has 20 heavy (non-hydrogen) atoms. The first-order chi connectivity index (χ1) is 9.59. The van der Waals surface area contributed by atoms with Gasteiger partial charge in [-0.2, -0.15) is 0 Å². The van der Waals surface area contributed by atoms with Crippen LogP contribution in [0.25, 0.3) is 0 Å². The summed E-state index contributed by atoms with van der Waals surface area (Å²) < 4.78 is 1.16. The quantitative estimate of drug-likeness (QED) is 0.753. The summed E-state index contributed by atoms with van der Waals surface area (Å²) >= 11 is 8.28. The van der Waals surface area contributed by atoms with Gasteiger partial charge in [0.1, 0.15) is 0 Å². The molecule has 0 radical (unpaired) electrons. The molecule has 0 bridgehead atoms. The third-order valence-corrected chi connectivity index (χ3v) is 4.45. The number of hydrogen-bond acceptors (Lipinski definition) is 2. The van der Waals surface area contributed by atoms with Gasteiger partial charge >= 0.3 is 0 Å². The highest BCUT2D eigenvalue weighted by Gasteiger charge is 2.31. The lowest BCUT2D eigenvalue weighted by atomic mass is 9.77. The largest absolute Gasteiger partial charge is 0.395 e. The molecule has 2 N–H and O–H groups in total. The fourth-order valence-corrected chi connectivity index (χ4v) is 2.81. The Hall–Kier alpha value is -0.620. The van der Waals surface area contributed by atoms with E-state index in [1.165, 1.54) is 0 Å². The van der Waals surface area contributed by atoms with Crippen LogP contribution in [0.2, 0.25) is 5.02 Å². The smallest absolute Gasteiger partial charge is 0.0553 e. The predicted octanol–water partition coefficient (Wildman–Crippen LogP) is 3.41. The Morgan fingerprint density at radius 1 is 1.00 bits per heavy atom. The highest BCUT2D eigenvalue weighted by atomic mass is 127. The second kappa shape index (κ2) is 6.89. The molecular formula is C16H16ClIO2.